The molecule has 2 fully saturated rings. The van der Waals surface area contributed by atoms with E-state index in [1.165, 1.54) is 11.3 Å². The molecule has 3 N–H and O–H groups in total. The van der Waals surface area contributed by atoms with Crippen molar-refractivity contribution in [2.45, 2.75) is 65.0 Å². The van der Waals surface area contributed by atoms with Crippen LogP contribution < -0.4 is 15.5 Å². The summed E-state index contributed by atoms with van der Waals surface area (Å²) in [6.07, 6.45) is 5.76. The maximum atomic E-state index is 12.0. The van der Waals surface area contributed by atoms with Crippen LogP contribution in [-0.2, 0) is 16.1 Å². The third-order valence-electron chi connectivity index (χ3n) is 6.63. The Balaban J connectivity index is 0.00000385. The second kappa shape index (κ2) is 14.7. The lowest BCUT2D eigenvalue weighted by Crippen LogP contribution is -2.45. The first kappa shape index (κ1) is 27.7. The first-order valence-electron chi connectivity index (χ1n) is 12.3. The number of piperidine rings is 1. The Labute approximate surface area is 215 Å². The number of aliphatic imine (C=N–C) groups is 1. The number of hydrogen-bond donors (Lipinski definition) is 3. The minimum absolute atomic E-state index is 0. The van der Waals surface area contributed by atoms with Gasteiger partial charge in [0.25, 0.3) is 0 Å². The molecule has 1 heterocycles. The Bertz CT molecular complexity index is 728. The molecule has 0 spiro atoms. The molecular formula is C25H41IN4O3. The molecule has 3 rings (SSSR count). The van der Waals surface area contributed by atoms with Crippen molar-refractivity contribution in [3.05, 3.63) is 29.8 Å². The number of nitrogens with one attached hydrogen (secondary N) is 2. The van der Waals surface area contributed by atoms with Gasteiger partial charge in [-0.15, -0.1) is 24.0 Å². The predicted molar refractivity (Wildman–Crippen MR) is 144 cm³/mol. The van der Waals surface area contributed by atoms with Crippen molar-refractivity contribution >= 4 is 41.6 Å². The molecule has 0 unspecified atom stereocenters. The predicted octanol–water partition coefficient (Wildman–Crippen LogP) is 3.69. The van der Waals surface area contributed by atoms with E-state index in [-0.39, 0.29) is 35.9 Å². The molecule has 0 bridgehead atoms. The molecule has 1 aliphatic heterocycles. The van der Waals surface area contributed by atoms with Crippen molar-refractivity contribution in [3.63, 3.8) is 0 Å². The number of halogens is 1. The van der Waals surface area contributed by atoms with Gasteiger partial charge >= 0.3 is 5.97 Å². The molecule has 1 aromatic rings. The lowest BCUT2D eigenvalue weighted by Gasteiger charge is -2.32. The number of carbonyl (C=O) groups excluding carboxylic acids is 1. The molecular weight excluding hydrogens is 531 g/mol. The zero-order chi connectivity index (χ0) is 22.8. The summed E-state index contributed by atoms with van der Waals surface area (Å²) in [6.45, 7) is 8.15. The summed E-state index contributed by atoms with van der Waals surface area (Å²) >= 11 is 0. The third kappa shape index (κ3) is 8.63. The van der Waals surface area contributed by atoms with Crippen LogP contribution in [0.15, 0.2) is 29.3 Å². The van der Waals surface area contributed by atoms with Crippen LogP contribution >= 0.6 is 24.0 Å². The number of aliphatic hydroxyl groups excluding tert-OH is 1. The average Bonchev–Trinajstić information content (AvgIpc) is 2.84. The van der Waals surface area contributed by atoms with Gasteiger partial charge in [0.1, 0.15) is 0 Å². The zero-order valence-electron chi connectivity index (χ0n) is 20.1. The number of benzene rings is 1. The Hall–Kier alpha value is -1.55. The van der Waals surface area contributed by atoms with Gasteiger partial charge in [0, 0.05) is 38.0 Å². The summed E-state index contributed by atoms with van der Waals surface area (Å²) in [5.41, 5.74) is 2.43. The minimum atomic E-state index is -0.0484. The van der Waals surface area contributed by atoms with Gasteiger partial charge < -0.3 is 25.4 Å². The normalized spacial score (nSPS) is 21.8. The molecule has 1 aliphatic carbocycles. The third-order valence-corrected chi connectivity index (χ3v) is 6.63. The molecule has 33 heavy (non-hydrogen) atoms. The van der Waals surface area contributed by atoms with Crippen LogP contribution in [0.4, 0.5) is 5.69 Å². The van der Waals surface area contributed by atoms with E-state index in [0.717, 1.165) is 64.1 Å². The van der Waals surface area contributed by atoms with E-state index in [9.17, 15) is 9.90 Å². The Morgan fingerprint density at radius 2 is 1.76 bits per heavy atom. The van der Waals surface area contributed by atoms with E-state index in [1.54, 1.807) is 0 Å². The highest BCUT2D eigenvalue weighted by atomic mass is 127. The minimum Gasteiger partial charge on any atom is -0.466 e. The van der Waals surface area contributed by atoms with E-state index in [4.69, 9.17) is 9.73 Å². The fourth-order valence-electron chi connectivity index (χ4n) is 4.60. The zero-order valence-corrected chi connectivity index (χ0v) is 22.4. The quantitative estimate of drug-likeness (QED) is 0.191. The van der Waals surface area contributed by atoms with Gasteiger partial charge in [0.2, 0.25) is 0 Å². The first-order chi connectivity index (χ1) is 15.6. The molecule has 1 aromatic carbocycles. The fraction of sp³-hybridized carbons (Fsp3) is 0.680. The van der Waals surface area contributed by atoms with Gasteiger partial charge in [-0.1, -0.05) is 12.1 Å². The average molecular weight is 573 g/mol. The monoisotopic (exact) mass is 572 g/mol. The van der Waals surface area contributed by atoms with E-state index in [1.807, 2.05) is 6.92 Å². The summed E-state index contributed by atoms with van der Waals surface area (Å²) in [5.74, 6) is 1.28. The lowest BCUT2D eigenvalue weighted by molar-refractivity contribution is -0.149. The van der Waals surface area contributed by atoms with Gasteiger partial charge in [-0.3, -0.25) is 4.79 Å². The molecule has 1 saturated carbocycles. The molecule has 8 heteroatoms. The van der Waals surface area contributed by atoms with Gasteiger partial charge in [0.15, 0.2) is 5.96 Å². The summed E-state index contributed by atoms with van der Waals surface area (Å²) in [5, 5.41) is 16.2. The highest BCUT2D eigenvalue weighted by Gasteiger charge is 2.27. The summed E-state index contributed by atoms with van der Waals surface area (Å²) in [6, 6.07) is 9.01. The van der Waals surface area contributed by atoms with Crippen LogP contribution in [0.2, 0.25) is 0 Å². The van der Waals surface area contributed by atoms with Crippen LogP contribution in [0.3, 0.4) is 0 Å². The molecule has 1 saturated heterocycles. The van der Waals surface area contributed by atoms with Gasteiger partial charge in [0.05, 0.1) is 19.1 Å². The topological polar surface area (TPSA) is 86.2 Å². The highest BCUT2D eigenvalue weighted by molar-refractivity contribution is 14.0. The number of nitrogens with zero attached hydrogens (tertiary/aromatic N) is 2. The van der Waals surface area contributed by atoms with Crippen LogP contribution in [0.25, 0.3) is 0 Å². The van der Waals surface area contributed by atoms with Crippen molar-refractivity contribution in [1.29, 1.82) is 0 Å². The second-order valence-corrected chi connectivity index (χ2v) is 8.92. The molecule has 7 nitrogen and oxygen atoms in total. The first-order valence-corrected chi connectivity index (χ1v) is 12.3. The van der Waals surface area contributed by atoms with Crippen LogP contribution in [0.1, 0.15) is 57.9 Å². The second-order valence-electron chi connectivity index (χ2n) is 8.92. The van der Waals surface area contributed by atoms with Crippen molar-refractivity contribution in [2.75, 3.05) is 37.7 Å². The Morgan fingerprint density at radius 1 is 1.09 bits per heavy atom. The van der Waals surface area contributed by atoms with Gasteiger partial charge in [-0.05, 0) is 76.0 Å². The number of esters is 1. The fourth-order valence-corrected chi connectivity index (χ4v) is 4.60. The number of anilines is 1. The number of carbonyl (C=O) groups is 1. The number of hydrogen-bond acceptors (Lipinski definition) is 5. The molecule has 0 atom stereocenters. The number of ether oxygens (including phenoxy) is 1. The van der Waals surface area contributed by atoms with Crippen molar-refractivity contribution < 1.29 is 14.6 Å². The van der Waals surface area contributed by atoms with E-state index < -0.39 is 0 Å². The smallest absolute Gasteiger partial charge is 0.308 e. The molecule has 2 aliphatic rings. The van der Waals surface area contributed by atoms with E-state index in [0.29, 0.717) is 31.7 Å². The van der Waals surface area contributed by atoms with Crippen LogP contribution in [0.5, 0.6) is 0 Å². The van der Waals surface area contributed by atoms with E-state index >= 15 is 0 Å². The van der Waals surface area contributed by atoms with Crippen molar-refractivity contribution in [3.8, 4) is 0 Å². The Kier molecular flexibility index (Phi) is 12.3. The van der Waals surface area contributed by atoms with Crippen LogP contribution in [0, 0.1) is 11.8 Å². The maximum absolute atomic E-state index is 12.0. The summed E-state index contributed by atoms with van der Waals surface area (Å²) in [4.78, 5) is 19.1. The summed E-state index contributed by atoms with van der Waals surface area (Å²) < 4.78 is 5.17. The molecule has 0 amide bonds. The summed E-state index contributed by atoms with van der Waals surface area (Å²) in [7, 11) is 0. The molecule has 0 aromatic heterocycles. The standard InChI is InChI=1S/C25H40N4O3.HI/c1-3-26-25(28-22-9-7-21(8-10-22)24(31)32-4-2)27-17-19-5-11-23(12-6-19)29-15-13-20(18-30)14-16-29;/h5-6,11-12,20-22,30H,3-4,7-10,13-18H2,1-2H3,(H2,26,27,28);1H. The van der Waals surface area contributed by atoms with Gasteiger partial charge in [-0.25, -0.2) is 4.99 Å². The largest absolute Gasteiger partial charge is 0.466 e. The highest BCUT2D eigenvalue weighted by Crippen LogP contribution is 2.26. The number of aliphatic hydroxyl groups is 1. The maximum Gasteiger partial charge on any atom is 0.308 e. The number of rotatable bonds is 8. The van der Waals surface area contributed by atoms with Crippen molar-refractivity contribution in [1.82, 2.24) is 10.6 Å². The number of guanidine groups is 1. The van der Waals surface area contributed by atoms with Crippen molar-refractivity contribution in [2.24, 2.45) is 16.8 Å². The lowest BCUT2D eigenvalue weighted by atomic mass is 9.86. The van der Waals surface area contributed by atoms with Crippen LogP contribution in [-0.4, -0.2) is 55.9 Å². The molecule has 0 radical (unpaired) electrons. The van der Waals surface area contributed by atoms with Gasteiger partial charge in [-0.2, -0.15) is 0 Å². The molecule has 186 valence electrons. The van der Waals surface area contributed by atoms with E-state index in [2.05, 4.69) is 46.7 Å². The Morgan fingerprint density at radius 3 is 2.33 bits per heavy atom. The SMILES string of the molecule is CCNC(=NCc1ccc(N2CCC(CO)CC2)cc1)NC1CCC(C(=O)OCC)CC1.I.